The smallest absolute Gasteiger partial charge is 0.211 e. The number of hydrogen-bond acceptors (Lipinski definition) is 7. The predicted octanol–water partition coefficient (Wildman–Crippen LogP) is 2.65. The Morgan fingerprint density at radius 3 is 2.47 bits per heavy atom. The standard InChI is InChI=1S/C25H26N8O2S/c1-31-25-21(15-27-31)23(28-24(29-25)19-4-3-5-22-20(19)14-26-30-22)18-8-6-17(7-9-18)16-32-10-12-33(13-11-32)36(2,34)35/h3-9,14-15H,10-13,16H2,1-2H3,(H,26,30). The molecule has 4 heterocycles. The quantitative estimate of drug-likeness (QED) is 0.393. The fourth-order valence-electron chi connectivity index (χ4n) is 4.77. The number of benzene rings is 2. The summed E-state index contributed by atoms with van der Waals surface area (Å²) in [5, 5.41) is 13.5. The minimum atomic E-state index is -3.12. The zero-order chi connectivity index (χ0) is 24.9. The number of fused-ring (bicyclic) bond motifs is 2. The second-order valence-corrected chi connectivity index (χ2v) is 11.2. The van der Waals surface area contributed by atoms with Crippen molar-refractivity contribution >= 4 is 32.0 Å². The van der Waals surface area contributed by atoms with Gasteiger partial charge in [0.05, 0.1) is 35.2 Å². The molecule has 1 N–H and O–H groups in total. The average Bonchev–Trinajstić information content (AvgIpc) is 3.51. The van der Waals surface area contributed by atoms with Gasteiger partial charge in [0.15, 0.2) is 11.5 Å². The van der Waals surface area contributed by atoms with Crippen molar-refractivity contribution in [3.63, 3.8) is 0 Å². The lowest BCUT2D eigenvalue weighted by atomic mass is 10.1. The second-order valence-electron chi connectivity index (χ2n) is 9.17. The van der Waals surface area contributed by atoms with Crippen molar-refractivity contribution in [2.24, 2.45) is 7.05 Å². The van der Waals surface area contributed by atoms with E-state index in [9.17, 15) is 8.42 Å². The molecule has 1 aliphatic heterocycles. The highest BCUT2D eigenvalue weighted by Crippen LogP contribution is 2.31. The zero-order valence-corrected chi connectivity index (χ0v) is 20.9. The molecule has 5 aromatic rings. The molecule has 10 nitrogen and oxygen atoms in total. The van der Waals surface area contributed by atoms with E-state index in [1.165, 1.54) is 11.8 Å². The Bertz CT molecular complexity index is 1670. The number of aryl methyl sites for hydroxylation is 1. The summed E-state index contributed by atoms with van der Waals surface area (Å²) in [6.45, 7) is 3.28. The monoisotopic (exact) mass is 502 g/mol. The molecule has 2 aromatic carbocycles. The molecule has 6 rings (SSSR count). The van der Waals surface area contributed by atoms with Crippen LogP contribution in [0.4, 0.5) is 0 Å². The fourth-order valence-corrected chi connectivity index (χ4v) is 5.60. The molecule has 0 radical (unpaired) electrons. The van der Waals surface area contributed by atoms with Gasteiger partial charge in [0.25, 0.3) is 0 Å². The molecule has 0 atom stereocenters. The molecule has 0 saturated carbocycles. The van der Waals surface area contributed by atoms with Gasteiger partial charge in [-0.15, -0.1) is 0 Å². The van der Waals surface area contributed by atoms with Crippen LogP contribution in [0.5, 0.6) is 0 Å². The van der Waals surface area contributed by atoms with E-state index in [0.717, 1.165) is 58.4 Å². The van der Waals surface area contributed by atoms with Gasteiger partial charge in [-0.3, -0.25) is 14.7 Å². The first-order chi connectivity index (χ1) is 17.4. The summed E-state index contributed by atoms with van der Waals surface area (Å²) >= 11 is 0. The Morgan fingerprint density at radius 2 is 1.72 bits per heavy atom. The van der Waals surface area contributed by atoms with Gasteiger partial charge in [0.2, 0.25) is 10.0 Å². The van der Waals surface area contributed by atoms with Crippen LogP contribution < -0.4 is 0 Å². The van der Waals surface area contributed by atoms with E-state index < -0.39 is 10.0 Å². The molecule has 0 amide bonds. The lowest BCUT2D eigenvalue weighted by Crippen LogP contribution is -2.47. The van der Waals surface area contributed by atoms with Gasteiger partial charge in [0, 0.05) is 56.3 Å². The van der Waals surface area contributed by atoms with E-state index in [4.69, 9.17) is 9.97 Å². The molecule has 0 bridgehead atoms. The third kappa shape index (κ3) is 4.15. The maximum atomic E-state index is 11.8. The van der Waals surface area contributed by atoms with Gasteiger partial charge in [-0.25, -0.2) is 18.4 Å². The molecule has 1 saturated heterocycles. The Labute approximate surface area is 208 Å². The molecular weight excluding hydrogens is 476 g/mol. The van der Waals surface area contributed by atoms with Crippen molar-refractivity contribution in [2.75, 3.05) is 32.4 Å². The normalized spacial score (nSPS) is 15.7. The number of aromatic nitrogens is 6. The molecule has 36 heavy (non-hydrogen) atoms. The number of nitrogens with one attached hydrogen (secondary N) is 1. The molecule has 1 aliphatic rings. The molecule has 11 heteroatoms. The fraction of sp³-hybridized carbons (Fsp3) is 0.280. The number of H-pyrrole nitrogens is 1. The van der Waals surface area contributed by atoms with Crippen LogP contribution in [0.3, 0.4) is 0 Å². The van der Waals surface area contributed by atoms with E-state index in [-0.39, 0.29) is 0 Å². The van der Waals surface area contributed by atoms with E-state index in [0.29, 0.717) is 18.9 Å². The minimum absolute atomic E-state index is 0.531. The van der Waals surface area contributed by atoms with Crippen molar-refractivity contribution in [1.29, 1.82) is 0 Å². The van der Waals surface area contributed by atoms with E-state index in [1.807, 2.05) is 31.4 Å². The highest BCUT2D eigenvalue weighted by Gasteiger charge is 2.23. The number of aromatic amines is 1. The predicted molar refractivity (Wildman–Crippen MR) is 139 cm³/mol. The SMILES string of the molecule is Cn1ncc2c(-c3ccc(CN4CCN(S(C)(=O)=O)CC4)cc3)nc(-c3cccc4[nH]ncc34)nc21. The molecule has 184 valence electrons. The summed E-state index contributed by atoms with van der Waals surface area (Å²) < 4.78 is 26.9. The van der Waals surface area contributed by atoms with Crippen molar-refractivity contribution in [2.45, 2.75) is 6.54 Å². The van der Waals surface area contributed by atoms with Crippen molar-refractivity contribution < 1.29 is 8.42 Å². The summed E-state index contributed by atoms with van der Waals surface area (Å²) in [4.78, 5) is 12.1. The summed E-state index contributed by atoms with van der Waals surface area (Å²) in [7, 11) is -1.24. The van der Waals surface area contributed by atoms with Crippen LogP contribution in [0.25, 0.3) is 44.6 Å². The van der Waals surface area contributed by atoms with Crippen LogP contribution in [-0.2, 0) is 23.6 Å². The first-order valence-corrected chi connectivity index (χ1v) is 13.6. The lowest BCUT2D eigenvalue weighted by Gasteiger charge is -2.33. The average molecular weight is 503 g/mol. The topological polar surface area (TPSA) is 113 Å². The van der Waals surface area contributed by atoms with Crippen molar-refractivity contribution in [1.82, 2.24) is 39.2 Å². The van der Waals surface area contributed by atoms with E-state index >= 15 is 0 Å². The van der Waals surface area contributed by atoms with Gasteiger partial charge < -0.3 is 0 Å². The van der Waals surface area contributed by atoms with Crippen molar-refractivity contribution in [3.8, 4) is 22.6 Å². The zero-order valence-electron chi connectivity index (χ0n) is 20.1. The molecular formula is C25H26N8O2S. The second kappa shape index (κ2) is 8.77. The van der Waals surface area contributed by atoms with Crippen LogP contribution in [0, 0.1) is 0 Å². The highest BCUT2D eigenvalue weighted by atomic mass is 32.2. The van der Waals surface area contributed by atoms with Gasteiger partial charge in [-0.05, 0) is 11.6 Å². The number of piperazine rings is 1. The lowest BCUT2D eigenvalue weighted by molar-refractivity contribution is 0.182. The molecule has 3 aromatic heterocycles. The minimum Gasteiger partial charge on any atom is -0.296 e. The summed E-state index contributed by atoms with van der Waals surface area (Å²) in [5.41, 5.74) is 5.60. The van der Waals surface area contributed by atoms with Gasteiger partial charge in [-0.2, -0.15) is 14.5 Å². The first-order valence-electron chi connectivity index (χ1n) is 11.8. The van der Waals surface area contributed by atoms with Crippen molar-refractivity contribution in [3.05, 3.63) is 60.4 Å². The Morgan fingerprint density at radius 1 is 0.944 bits per heavy atom. The number of sulfonamides is 1. The van der Waals surface area contributed by atoms with E-state index in [1.54, 1.807) is 15.2 Å². The first kappa shape index (κ1) is 22.8. The van der Waals surface area contributed by atoms with Gasteiger partial charge in [-0.1, -0.05) is 36.4 Å². The van der Waals surface area contributed by atoms with Gasteiger partial charge in [0.1, 0.15) is 0 Å². The molecule has 0 spiro atoms. The van der Waals surface area contributed by atoms with Crippen LogP contribution >= 0.6 is 0 Å². The maximum Gasteiger partial charge on any atom is 0.211 e. The Kier molecular flexibility index (Phi) is 5.55. The molecule has 0 unspecified atom stereocenters. The Balaban J connectivity index is 1.31. The van der Waals surface area contributed by atoms with Crippen LogP contribution in [0.15, 0.2) is 54.9 Å². The van der Waals surface area contributed by atoms with Crippen LogP contribution in [-0.4, -0.2) is 80.0 Å². The third-order valence-corrected chi connectivity index (χ3v) is 8.05. The van der Waals surface area contributed by atoms with Crippen LogP contribution in [0.2, 0.25) is 0 Å². The maximum absolute atomic E-state index is 11.8. The van der Waals surface area contributed by atoms with E-state index in [2.05, 4.69) is 44.5 Å². The van der Waals surface area contributed by atoms with Gasteiger partial charge >= 0.3 is 0 Å². The number of rotatable bonds is 5. The summed E-state index contributed by atoms with van der Waals surface area (Å²) in [5.74, 6) is 0.626. The largest absolute Gasteiger partial charge is 0.296 e. The number of hydrogen-bond donors (Lipinski definition) is 1. The highest BCUT2D eigenvalue weighted by molar-refractivity contribution is 7.88. The molecule has 1 fully saturated rings. The summed E-state index contributed by atoms with van der Waals surface area (Å²) in [6, 6.07) is 14.3. The third-order valence-electron chi connectivity index (χ3n) is 6.75. The van der Waals surface area contributed by atoms with Crippen LogP contribution in [0.1, 0.15) is 5.56 Å². The summed E-state index contributed by atoms with van der Waals surface area (Å²) in [6.07, 6.45) is 4.88. The number of nitrogens with zero attached hydrogens (tertiary/aromatic N) is 7. The molecule has 0 aliphatic carbocycles. The Hall–Kier alpha value is -3.67.